The Labute approximate surface area is 112 Å². The Kier molecular flexibility index (Phi) is 2.46. The first-order chi connectivity index (χ1) is 8.23. The summed E-state index contributed by atoms with van der Waals surface area (Å²) in [4.78, 5) is 2.52. The zero-order valence-electron chi connectivity index (χ0n) is 10.2. The van der Waals surface area contributed by atoms with Gasteiger partial charge in [-0.3, -0.25) is 0 Å². The van der Waals surface area contributed by atoms with Gasteiger partial charge in [0.25, 0.3) is 0 Å². The second kappa shape index (κ2) is 3.66. The molecule has 2 heterocycles. The largest absolute Gasteiger partial charge is 0.387 e. The summed E-state index contributed by atoms with van der Waals surface area (Å²) in [5.41, 5.74) is 4.30. The fourth-order valence-electron chi connectivity index (χ4n) is 3.17. The molecule has 2 fully saturated rings. The van der Waals surface area contributed by atoms with Crippen molar-refractivity contribution < 1.29 is 0 Å². The Bertz CT molecular complexity index is 526. The standard InChI is InChI=1S/C12H11NS2.C2H6/c1-6-2-9-12(3-7(12)4-13-9)10-8(14)5-15-11(6)10;1-2/h2,5,7,13-14H,1,3-4H2;1-2H3. The van der Waals surface area contributed by atoms with Crippen molar-refractivity contribution in [1.29, 1.82) is 0 Å². The Morgan fingerprint density at radius 3 is 3.00 bits per heavy atom. The highest BCUT2D eigenvalue weighted by atomic mass is 32.1. The number of allylic oxidation sites excluding steroid dienone is 3. The molecule has 1 N–H and O–H groups in total. The highest BCUT2D eigenvalue weighted by molar-refractivity contribution is 7.80. The van der Waals surface area contributed by atoms with E-state index in [2.05, 4.69) is 36.0 Å². The molecule has 1 spiro atoms. The molecule has 3 heteroatoms. The lowest BCUT2D eigenvalue weighted by Gasteiger charge is -2.23. The van der Waals surface area contributed by atoms with Crippen LogP contribution in [-0.4, -0.2) is 6.54 Å². The number of rotatable bonds is 0. The Balaban J connectivity index is 0.000000431. The summed E-state index contributed by atoms with van der Waals surface area (Å²) in [6, 6.07) is 0. The molecule has 0 aromatic carbocycles. The Morgan fingerprint density at radius 1 is 1.53 bits per heavy atom. The average molecular weight is 263 g/mol. The van der Waals surface area contributed by atoms with Gasteiger partial charge in [0.15, 0.2) is 0 Å². The molecule has 2 aliphatic carbocycles. The number of thiol groups is 1. The molecule has 0 bridgehead atoms. The van der Waals surface area contributed by atoms with Gasteiger partial charge >= 0.3 is 0 Å². The number of fused-ring (bicyclic) bond motifs is 1. The SMILES string of the molecule is C=C1C=C2NCC3CC23c2c(S)csc21.CC. The lowest BCUT2D eigenvalue weighted by molar-refractivity contribution is 0.772. The van der Waals surface area contributed by atoms with Crippen molar-refractivity contribution in [2.24, 2.45) is 5.92 Å². The van der Waals surface area contributed by atoms with E-state index in [0.717, 1.165) is 22.9 Å². The smallest absolute Gasteiger partial charge is 0.0424 e. The van der Waals surface area contributed by atoms with Gasteiger partial charge < -0.3 is 5.32 Å². The number of thiophene rings is 1. The quantitative estimate of drug-likeness (QED) is 0.678. The van der Waals surface area contributed by atoms with Gasteiger partial charge in [-0.2, -0.15) is 0 Å². The van der Waals surface area contributed by atoms with Gasteiger partial charge in [-0.05, 0) is 29.6 Å². The molecule has 2 unspecified atom stereocenters. The Morgan fingerprint density at radius 2 is 2.29 bits per heavy atom. The van der Waals surface area contributed by atoms with Gasteiger partial charge in [-0.1, -0.05) is 20.4 Å². The molecular formula is C14H17NS2. The van der Waals surface area contributed by atoms with Crippen LogP contribution in [0.3, 0.4) is 0 Å². The summed E-state index contributed by atoms with van der Waals surface area (Å²) in [5.74, 6) is 0.802. The topological polar surface area (TPSA) is 12.0 Å². The van der Waals surface area contributed by atoms with Crippen LogP contribution in [0, 0.1) is 5.92 Å². The predicted molar refractivity (Wildman–Crippen MR) is 77.8 cm³/mol. The van der Waals surface area contributed by atoms with Crippen LogP contribution in [-0.2, 0) is 5.41 Å². The van der Waals surface area contributed by atoms with E-state index in [-0.39, 0.29) is 0 Å². The number of piperidine rings is 1. The average Bonchev–Trinajstić information content (AvgIpc) is 2.73. The van der Waals surface area contributed by atoms with Crippen molar-refractivity contribution in [3.8, 4) is 0 Å². The maximum atomic E-state index is 4.60. The molecule has 1 aromatic rings. The van der Waals surface area contributed by atoms with Crippen LogP contribution in [0.15, 0.2) is 28.6 Å². The van der Waals surface area contributed by atoms with E-state index in [0.29, 0.717) is 5.41 Å². The Hall–Kier alpha value is -0.670. The summed E-state index contributed by atoms with van der Waals surface area (Å²) >= 11 is 6.39. The number of hydrogen-bond donors (Lipinski definition) is 2. The summed E-state index contributed by atoms with van der Waals surface area (Å²) in [6.45, 7) is 9.27. The highest BCUT2D eigenvalue weighted by Gasteiger charge is 2.64. The summed E-state index contributed by atoms with van der Waals surface area (Å²) in [5, 5.41) is 5.66. The number of hydrogen-bond acceptors (Lipinski definition) is 3. The third-order valence-electron chi connectivity index (χ3n) is 3.95. The summed E-state index contributed by atoms with van der Waals surface area (Å²) < 4.78 is 0. The van der Waals surface area contributed by atoms with Crippen LogP contribution >= 0.6 is 24.0 Å². The zero-order valence-corrected chi connectivity index (χ0v) is 11.9. The molecule has 0 amide bonds. The highest BCUT2D eigenvalue weighted by Crippen LogP contribution is 2.66. The molecule has 2 atom stereocenters. The summed E-state index contributed by atoms with van der Waals surface area (Å²) in [6.07, 6.45) is 3.54. The van der Waals surface area contributed by atoms with Crippen molar-refractivity contribution in [1.82, 2.24) is 5.32 Å². The molecule has 1 nitrogen and oxygen atoms in total. The molecular weight excluding hydrogens is 246 g/mol. The molecule has 3 aliphatic rings. The van der Waals surface area contributed by atoms with E-state index in [4.69, 9.17) is 0 Å². The fraction of sp³-hybridized carbons (Fsp3) is 0.429. The third kappa shape index (κ3) is 1.27. The van der Waals surface area contributed by atoms with E-state index < -0.39 is 0 Å². The second-order valence-electron chi connectivity index (χ2n) is 4.66. The molecule has 4 rings (SSSR count). The van der Waals surface area contributed by atoms with E-state index in [1.165, 1.54) is 22.6 Å². The third-order valence-corrected chi connectivity index (χ3v) is 5.54. The normalized spacial score (nSPS) is 31.4. The predicted octanol–water partition coefficient (Wildman–Crippen LogP) is 3.83. The molecule has 1 aliphatic heterocycles. The van der Waals surface area contributed by atoms with Gasteiger partial charge in [-0.25, -0.2) is 0 Å². The number of nitrogens with one attached hydrogen (secondary N) is 1. The lowest BCUT2D eigenvalue weighted by atomic mass is 9.85. The van der Waals surface area contributed by atoms with Crippen LogP contribution in [0.25, 0.3) is 5.57 Å². The van der Waals surface area contributed by atoms with E-state index in [1.807, 2.05) is 13.8 Å². The van der Waals surface area contributed by atoms with Gasteiger partial charge in [0, 0.05) is 32.8 Å². The minimum absolute atomic E-state index is 0.313. The fourth-order valence-corrected chi connectivity index (χ4v) is 4.69. The summed E-state index contributed by atoms with van der Waals surface area (Å²) in [7, 11) is 0. The van der Waals surface area contributed by atoms with Gasteiger partial charge in [0.2, 0.25) is 0 Å². The van der Waals surface area contributed by atoms with Crippen molar-refractivity contribution in [3.05, 3.63) is 34.2 Å². The van der Waals surface area contributed by atoms with Crippen molar-refractivity contribution >= 4 is 29.5 Å². The minimum atomic E-state index is 0.313. The first kappa shape index (κ1) is 11.4. The first-order valence-electron chi connectivity index (χ1n) is 6.20. The van der Waals surface area contributed by atoms with E-state index >= 15 is 0 Å². The lowest BCUT2D eigenvalue weighted by Crippen LogP contribution is -2.20. The van der Waals surface area contributed by atoms with E-state index in [9.17, 15) is 0 Å². The van der Waals surface area contributed by atoms with Gasteiger partial charge in [0.05, 0.1) is 0 Å². The molecule has 17 heavy (non-hydrogen) atoms. The van der Waals surface area contributed by atoms with Crippen LogP contribution < -0.4 is 5.32 Å². The van der Waals surface area contributed by atoms with Crippen LogP contribution in [0.5, 0.6) is 0 Å². The van der Waals surface area contributed by atoms with Gasteiger partial charge in [0.1, 0.15) is 0 Å². The van der Waals surface area contributed by atoms with Crippen LogP contribution in [0.2, 0.25) is 0 Å². The maximum absolute atomic E-state index is 4.60. The molecule has 1 aromatic heterocycles. The maximum Gasteiger partial charge on any atom is 0.0424 e. The molecule has 1 saturated heterocycles. The molecule has 0 radical (unpaired) electrons. The van der Waals surface area contributed by atoms with E-state index in [1.54, 1.807) is 11.3 Å². The van der Waals surface area contributed by atoms with Crippen molar-refractivity contribution in [3.63, 3.8) is 0 Å². The van der Waals surface area contributed by atoms with Crippen LogP contribution in [0.4, 0.5) is 0 Å². The minimum Gasteiger partial charge on any atom is -0.387 e. The van der Waals surface area contributed by atoms with Gasteiger partial charge in [-0.15, -0.1) is 24.0 Å². The zero-order chi connectivity index (χ0) is 12.2. The monoisotopic (exact) mass is 263 g/mol. The van der Waals surface area contributed by atoms with Crippen molar-refractivity contribution in [2.45, 2.75) is 30.6 Å². The van der Waals surface area contributed by atoms with Crippen LogP contribution in [0.1, 0.15) is 30.7 Å². The molecule has 90 valence electrons. The first-order valence-corrected chi connectivity index (χ1v) is 7.52. The second-order valence-corrected chi connectivity index (χ2v) is 6.02. The molecule has 1 saturated carbocycles. The van der Waals surface area contributed by atoms with Crippen molar-refractivity contribution in [2.75, 3.05) is 6.54 Å².